The molecule has 8 heteroatoms. The molecule has 0 bridgehead atoms. The van der Waals surface area contributed by atoms with Crippen molar-refractivity contribution in [3.63, 3.8) is 0 Å². The summed E-state index contributed by atoms with van der Waals surface area (Å²) in [5, 5.41) is 0.511. The second kappa shape index (κ2) is 8.11. The van der Waals surface area contributed by atoms with E-state index in [0.717, 1.165) is 12.1 Å². The van der Waals surface area contributed by atoms with Crippen molar-refractivity contribution in [3.05, 3.63) is 52.5 Å². The molecule has 0 saturated carbocycles. The van der Waals surface area contributed by atoms with Crippen LogP contribution in [0, 0.1) is 6.92 Å². The van der Waals surface area contributed by atoms with Crippen LogP contribution in [-0.4, -0.2) is 39.3 Å². The maximum Gasteiger partial charge on any atom is 0.243 e. The summed E-state index contributed by atoms with van der Waals surface area (Å²) in [6.45, 7) is 2.53. The lowest BCUT2D eigenvalue weighted by Crippen LogP contribution is -2.28. The highest BCUT2D eigenvalue weighted by molar-refractivity contribution is 7.89. The molecule has 28 heavy (non-hydrogen) atoms. The lowest BCUT2D eigenvalue weighted by atomic mass is 10.2. The first-order chi connectivity index (χ1) is 13.2. The molecule has 0 aromatic heterocycles. The minimum Gasteiger partial charge on any atom is -0.496 e. The van der Waals surface area contributed by atoms with Gasteiger partial charge in [0, 0.05) is 42.8 Å². The summed E-state index contributed by atoms with van der Waals surface area (Å²) in [4.78, 5) is 13.9. The van der Waals surface area contributed by atoms with Crippen LogP contribution in [0.15, 0.2) is 41.3 Å². The van der Waals surface area contributed by atoms with Gasteiger partial charge in [0.15, 0.2) is 0 Å². The van der Waals surface area contributed by atoms with E-state index in [2.05, 4.69) is 0 Å². The highest BCUT2D eigenvalue weighted by atomic mass is 35.5. The van der Waals surface area contributed by atoms with Gasteiger partial charge in [-0.25, -0.2) is 8.42 Å². The Bertz CT molecular complexity index is 1010. The normalized spacial score (nSPS) is 14.8. The molecule has 6 nitrogen and oxygen atoms in total. The fourth-order valence-electron chi connectivity index (χ4n) is 3.38. The third-order valence-corrected chi connectivity index (χ3v) is 7.07. The summed E-state index contributed by atoms with van der Waals surface area (Å²) in [5.74, 6) is 0.645. The number of ether oxygens (including phenoxy) is 1. The number of methoxy groups -OCH3 is 1. The van der Waals surface area contributed by atoms with Crippen molar-refractivity contribution in [1.29, 1.82) is 0 Å². The maximum atomic E-state index is 13.1. The van der Waals surface area contributed by atoms with Gasteiger partial charge in [-0.2, -0.15) is 4.31 Å². The molecule has 0 radical (unpaired) electrons. The summed E-state index contributed by atoms with van der Waals surface area (Å²) in [7, 11) is -0.676. The highest BCUT2D eigenvalue weighted by Crippen LogP contribution is 2.29. The standard InChI is InChI=1S/C20H23ClN2O4S/c1-14-11-17(23-10-4-5-20(23)24)7-9-19(14)28(25,26)22(2)13-15-12-16(21)6-8-18(15)27-3/h6-9,11-12H,4-5,10,13H2,1-3H3. The molecule has 1 aliphatic heterocycles. The molecule has 1 saturated heterocycles. The summed E-state index contributed by atoms with van der Waals surface area (Å²) in [6, 6.07) is 10.1. The first kappa shape index (κ1) is 20.6. The molecule has 2 aromatic rings. The third-order valence-electron chi connectivity index (χ3n) is 4.87. The number of rotatable bonds is 6. The molecule has 0 atom stereocenters. The van der Waals surface area contributed by atoms with Crippen molar-refractivity contribution in [3.8, 4) is 5.75 Å². The molecular weight excluding hydrogens is 400 g/mol. The number of amides is 1. The first-order valence-corrected chi connectivity index (χ1v) is 10.8. The van der Waals surface area contributed by atoms with Crippen LogP contribution in [0.2, 0.25) is 5.02 Å². The Labute approximate surface area is 170 Å². The fourth-order valence-corrected chi connectivity index (χ4v) is 4.92. The molecule has 1 fully saturated rings. The molecule has 1 amide bonds. The van der Waals surface area contributed by atoms with E-state index in [0.29, 0.717) is 34.9 Å². The molecule has 0 aliphatic carbocycles. The predicted octanol–water partition coefficient (Wildman–Crippen LogP) is 3.60. The Balaban J connectivity index is 1.88. The second-order valence-electron chi connectivity index (χ2n) is 6.82. The van der Waals surface area contributed by atoms with Gasteiger partial charge in [-0.1, -0.05) is 11.6 Å². The van der Waals surface area contributed by atoms with Crippen LogP contribution in [0.4, 0.5) is 5.69 Å². The highest BCUT2D eigenvalue weighted by Gasteiger charge is 2.26. The van der Waals surface area contributed by atoms with E-state index in [1.165, 1.54) is 18.5 Å². The number of aryl methyl sites for hydroxylation is 1. The maximum absolute atomic E-state index is 13.1. The van der Waals surface area contributed by atoms with E-state index in [1.54, 1.807) is 48.2 Å². The second-order valence-corrected chi connectivity index (χ2v) is 9.27. The minimum atomic E-state index is -3.73. The molecule has 1 aliphatic rings. The van der Waals surface area contributed by atoms with E-state index < -0.39 is 10.0 Å². The number of hydrogen-bond donors (Lipinski definition) is 0. The van der Waals surface area contributed by atoms with Gasteiger partial charge in [0.25, 0.3) is 0 Å². The van der Waals surface area contributed by atoms with Gasteiger partial charge in [0.2, 0.25) is 15.9 Å². The largest absolute Gasteiger partial charge is 0.496 e. The van der Waals surface area contributed by atoms with E-state index in [9.17, 15) is 13.2 Å². The zero-order valence-electron chi connectivity index (χ0n) is 16.1. The van der Waals surface area contributed by atoms with Crippen molar-refractivity contribution in [1.82, 2.24) is 4.31 Å². The van der Waals surface area contributed by atoms with E-state index in [1.807, 2.05) is 0 Å². The van der Waals surface area contributed by atoms with Gasteiger partial charge in [-0.15, -0.1) is 0 Å². The van der Waals surface area contributed by atoms with Gasteiger partial charge >= 0.3 is 0 Å². The average Bonchev–Trinajstić information content (AvgIpc) is 3.07. The van der Waals surface area contributed by atoms with Gasteiger partial charge in [-0.3, -0.25) is 4.79 Å². The number of hydrogen-bond acceptors (Lipinski definition) is 4. The van der Waals surface area contributed by atoms with E-state index in [-0.39, 0.29) is 17.3 Å². The van der Waals surface area contributed by atoms with Crippen molar-refractivity contribution in [2.24, 2.45) is 0 Å². The zero-order chi connectivity index (χ0) is 20.5. The van der Waals surface area contributed by atoms with Crippen LogP contribution in [-0.2, 0) is 21.4 Å². The topological polar surface area (TPSA) is 66.9 Å². The number of carbonyl (C=O) groups excluding carboxylic acids is 1. The molecular formula is C20H23ClN2O4S. The van der Waals surface area contributed by atoms with Crippen LogP contribution in [0.5, 0.6) is 5.75 Å². The molecule has 1 heterocycles. The van der Waals surface area contributed by atoms with Crippen molar-refractivity contribution >= 4 is 33.2 Å². The zero-order valence-corrected chi connectivity index (χ0v) is 17.7. The lowest BCUT2D eigenvalue weighted by Gasteiger charge is -2.22. The monoisotopic (exact) mass is 422 g/mol. The molecule has 2 aromatic carbocycles. The summed E-state index contributed by atoms with van der Waals surface area (Å²) >= 11 is 6.05. The van der Waals surface area contributed by atoms with Crippen molar-refractivity contribution in [2.45, 2.75) is 31.2 Å². The predicted molar refractivity (Wildman–Crippen MR) is 109 cm³/mol. The first-order valence-electron chi connectivity index (χ1n) is 8.94. The number of sulfonamides is 1. The molecule has 0 spiro atoms. The fraction of sp³-hybridized carbons (Fsp3) is 0.350. The Morgan fingerprint density at radius 2 is 1.96 bits per heavy atom. The molecule has 150 valence electrons. The SMILES string of the molecule is COc1ccc(Cl)cc1CN(C)S(=O)(=O)c1ccc(N2CCCC2=O)cc1C. The Kier molecular flexibility index (Phi) is 5.98. The molecule has 0 N–H and O–H groups in total. The Morgan fingerprint density at radius 1 is 1.21 bits per heavy atom. The van der Waals surface area contributed by atoms with Crippen molar-refractivity contribution in [2.75, 3.05) is 25.6 Å². The minimum absolute atomic E-state index is 0.0696. The van der Waals surface area contributed by atoms with Gasteiger partial charge in [-0.05, 0) is 55.3 Å². The molecule has 0 unspecified atom stereocenters. The van der Waals surface area contributed by atoms with Crippen LogP contribution < -0.4 is 9.64 Å². The summed E-state index contributed by atoms with van der Waals surface area (Å²) in [5.41, 5.74) is 2.01. The number of nitrogens with zero attached hydrogens (tertiary/aromatic N) is 2. The Hall–Kier alpha value is -2.09. The van der Waals surface area contributed by atoms with Gasteiger partial charge in [0.05, 0.1) is 12.0 Å². The number of carbonyl (C=O) groups is 1. The number of benzene rings is 2. The van der Waals surface area contributed by atoms with Gasteiger partial charge < -0.3 is 9.64 Å². The number of anilines is 1. The third kappa shape index (κ3) is 4.01. The summed E-state index contributed by atoms with van der Waals surface area (Å²) < 4.78 is 32.8. The molecule has 3 rings (SSSR count). The summed E-state index contributed by atoms with van der Waals surface area (Å²) in [6.07, 6.45) is 1.35. The Morgan fingerprint density at radius 3 is 2.57 bits per heavy atom. The quantitative estimate of drug-likeness (QED) is 0.713. The lowest BCUT2D eigenvalue weighted by molar-refractivity contribution is -0.117. The van der Waals surface area contributed by atoms with Gasteiger partial charge in [0.1, 0.15) is 5.75 Å². The van der Waals surface area contributed by atoms with Crippen molar-refractivity contribution < 1.29 is 17.9 Å². The average molecular weight is 423 g/mol. The van der Waals surface area contributed by atoms with Crippen LogP contribution in [0.1, 0.15) is 24.0 Å². The van der Waals surface area contributed by atoms with Crippen LogP contribution >= 0.6 is 11.6 Å². The van der Waals surface area contributed by atoms with E-state index in [4.69, 9.17) is 16.3 Å². The van der Waals surface area contributed by atoms with E-state index >= 15 is 0 Å². The van der Waals surface area contributed by atoms with Crippen LogP contribution in [0.3, 0.4) is 0 Å². The number of halogens is 1. The van der Waals surface area contributed by atoms with Crippen LogP contribution in [0.25, 0.3) is 0 Å². The smallest absolute Gasteiger partial charge is 0.243 e.